The van der Waals surface area contributed by atoms with Crippen molar-refractivity contribution in [3.05, 3.63) is 69.7 Å². The Morgan fingerprint density at radius 1 is 0.778 bits per heavy atom. The number of benzene rings is 2. The first-order chi connectivity index (χ1) is 8.66. The van der Waals surface area contributed by atoms with E-state index in [9.17, 15) is 0 Å². The Bertz CT molecular complexity index is 446. The van der Waals surface area contributed by atoms with Gasteiger partial charge < -0.3 is 0 Å². The van der Waals surface area contributed by atoms with Gasteiger partial charge in [-0.2, -0.15) is 0 Å². The average molecular weight is 281 g/mol. The molecule has 0 bridgehead atoms. The molecule has 0 saturated heterocycles. The van der Waals surface area contributed by atoms with Gasteiger partial charge >= 0.3 is 0 Å². The Balaban J connectivity index is 0.000000771. The number of rotatable bonds is 2. The molecule has 18 heavy (non-hydrogen) atoms. The Kier molecular flexibility index (Phi) is 6.24. The summed E-state index contributed by atoms with van der Waals surface area (Å²) < 4.78 is 0. The van der Waals surface area contributed by atoms with Gasteiger partial charge in [0.2, 0.25) is 0 Å². The molecule has 0 spiro atoms. The minimum atomic E-state index is 0.303. The highest BCUT2D eigenvalue weighted by molar-refractivity contribution is 6.31. The molecule has 0 unspecified atom stereocenters. The Morgan fingerprint density at radius 3 is 1.50 bits per heavy atom. The second kappa shape index (κ2) is 7.45. The summed E-state index contributed by atoms with van der Waals surface area (Å²) in [5, 5.41) is 1.54. The summed E-state index contributed by atoms with van der Waals surface area (Å²) in [5.74, 6) is 0.303. The summed E-state index contributed by atoms with van der Waals surface area (Å²) in [6.07, 6.45) is 0. The van der Waals surface area contributed by atoms with Crippen molar-refractivity contribution < 1.29 is 0 Å². The lowest BCUT2D eigenvalue weighted by atomic mass is 9.93. The summed E-state index contributed by atoms with van der Waals surface area (Å²) in [5.41, 5.74) is 2.41. The van der Waals surface area contributed by atoms with Gasteiger partial charge in [-0.15, -0.1) is 0 Å². The zero-order chi connectivity index (χ0) is 13.5. The number of hydrogen-bond donors (Lipinski definition) is 0. The fourth-order valence-corrected chi connectivity index (χ4v) is 2.14. The molecule has 2 heteroatoms. The lowest BCUT2D eigenvalue weighted by Gasteiger charge is -2.12. The van der Waals surface area contributed by atoms with Crippen LogP contribution >= 0.6 is 23.2 Å². The Labute approximate surface area is 120 Å². The van der Waals surface area contributed by atoms with Crippen LogP contribution in [0.2, 0.25) is 10.0 Å². The molecule has 0 aliphatic carbocycles. The van der Waals surface area contributed by atoms with Crippen molar-refractivity contribution in [3.63, 3.8) is 0 Å². The second-order valence-electron chi connectivity index (χ2n) is 3.83. The molecule has 0 aliphatic heterocycles. The summed E-state index contributed by atoms with van der Waals surface area (Å²) in [6, 6.07) is 15.9. The predicted molar refractivity (Wildman–Crippen MR) is 81.8 cm³/mol. The van der Waals surface area contributed by atoms with Crippen molar-refractivity contribution in [2.24, 2.45) is 0 Å². The SMILES string of the molecule is CC.CC(c1cccc(Cl)c1)c1cccc(Cl)c1. The Morgan fingerprint density at radius 2 is 1.17 bits per heavy atom. The minimum absolute atomic E-state index is 0.303. The van der Waals surface area contributed by atoms with Gasteiger partial charge in [-0.1, -0.05) is 68.2 Å². The molecule has 0 aliphatic rings. The van der Waals surface area contributed by atoms with Crippen LogP contribution in [0, 0.1) is 0 Å². The highest BCUT2D eigenvalue weighted by Gasteiger charge is 2.08. The third-order valence-corrected chi connectivity index (χ3v) is 3.17. The van der Waals surface area contributed by atoms with Crippen molar-refractivity contribution in [3.8, 4) is 0 Å². The van der Waals surface area contributed by atoms with Crippen LogP contribution < -0.4 is 0 Å². The van der Waals surface area contributed by atoms with E-state index in [0.29, 0.717) is 5.92 Å². The van der Waals surface area contributed by atoms with Gasteiger partial charge in [0.05, 0.1) is 0 Å². The lowest BCUT2D eigenvalue weighted by Crippen LogP contribution is -1.95. The monoisotopic (exact) mass is 280 g/mol. The topological polar surface area (TPSA) is 0 Å². The van der Waals surface area contributed by atoms with Crippen LogP contribution in [0.25, 0.3) is 0 Å². The predicted octanol–water partition coefficient (Wildman–Crippen LogP) is 6.17. The van der Waals surface area contributed by atoms with E-state index in [2.05, 4.69) is 19.1 Å². The summed E-state index contributed by atoms with van der Waals surface area (Å²) in [4.78, 5) is 0. The smallest absolute Gasteiger partial charge is 0.0408 e. The first kappa shape index (κ1) is 15.1. The van der Waals surface area contributed by atoms with Crippen LogP contribution in [0.1, 0.15) is 37.8 Å². The summed E-state index contributed by atoms with van der Waals surface area (Å²) >= 11 is 12.0. The van der Waals surface area contributed by atoms with Crippen molar-refractivity contribution in [1.82, 2.24) is 0 Å². The zero-order valence-electron chi connectivity index (χ0n) is 11.0. The molecule has 0 N–H and O–H groups in total. The van der Waals surface area contributed by atoms with E-state index >= 15 is 0 Å². The van der Waals surface area contributed by atoms with E-state index in [0.717, 1.165) is 10.0 Å². The van der Waals surface area contributed by atoms with Crippen molar-refractivity contribution in [1.29, 1.82) is 0 Å². The minimum Gasteiger partial charge on any atom is -0.0843 e. The van der Waals surface area contributed by atoms with Crippen LogP contribution in [0.3, 0.4) is 0 Å². The molecular formula is C16H18Cl2. The van der Waals surface area contributed by atoms with Gasteiger partial charge in [0.25, 0.3) is 0 Å². The Hall–Kier alpha value is -0.980. The number of halogens is 2. The van der Waals surface area contributed by atoms with Crippen LogP contribution in [-0.2, 0) is 0 Å². The zero-order valence-corrected chi connectivity index (χ0v) is 12.5. The van der Waals surface area contributed by atoms with Gasteiger partial charge in [0.15, 0.2) is 0 Å². The molecule has 0 aromatic heterocycles. The van der Waals surface area contributed by atoms with Gasteiger partial charge in [-0.05, 0) is 35.4 Å². The molecular weight excluding hydrogens is 263 g/mol. The van der Waals surface area contributed by atoms with E-state index in [-0.39, 0.29) is 0 Å². The van der Waals surface area contributed by atoms with Gasteiger partial charge in [0, 0.05) is 16.0 Å². The maximum atomic E-state index is 5.98. The molecule has 0 amide bonds. The van der Waals surface area contributed by atoms with Gasteiger partial charge in [-0.3, -0.25) is 0 Å². The molecule has 0 heterocycles. The highest BCUT2D eigenvalue weighted by Crippen LogP contribution is 2.27. The molecule has 0 nitrogen and oxygen atoms in total. The quantitative estimate of drug-likeness (QED) is 0.617. The fourth-order valence-electron chi connectivity index (χ4n) is 1.74. The molecule has 96 valence electrons. The fraction of sp³-hybridized carbons (Fsp3) is 0.250. The standard InChI is InChI=1S/C14H12Cl2.C2H6/c1-10(11-4-2-6-13(15)8-11)12-5-3-7-14(16)9-12;1-2/h2-10H,1H3;1-2H3. The molecule has 0 fully saturated rings. The van der Waals surface area contributed by atoms with E-state index in [1.54, 1.807) is 0 Å². The molecule has 0 radical (unpaired) electrons. The van der Waals surface area contributed by atoms with Crippen molar-refractivity contribution >= 4 is 23.2 Å². The highest BCUT2D eigenvalue weighted by atomic mass is 35.5. The second-order valence-corrected chi connectivity index (χ2v) is 4.70. The first-order valence-electron chi connectivity index (χ1n) is 6.18. The summed E-state index contributed by atoms with van der Waals surface area (Å²) in [7, 11) is 0. The van der Waals surface area contributed by atoms with Gasteiger partial charge in [0.1, 0.15) is 0 Å². The normalized spacial score (nSPS) is 9.89. The third kappa shape index (κ3) is 4.04. The largest absolute Gasteiger partial charge is 0.0843 e. The lowest BCUT2D eigenvalue weighted by molar-refractivity contribution is 0.922. The molecule has 0 atom stereocenters. The maximum Gasteiger partial charge on any atom is 0.0408 e. The maximum absolute atomic E-state index is 5.98. The van der Waals surface area contributed by atoms with E-state index < -0.39 is 0 Å². The third-order valence-electron chi connectivity index (χ3n) is 2.70. The molecule has 2 aromatic carbocycles. The van der Waals surface area contributed by atoms with E-state index in [1.165, 1.54) is 11.1 Å². The molecule has 2 rings (SSSR count). The van der Waals surface area contributed by atoms with Crippen LogP contribution in [-0.4, -0.2) is 0 Å². The van der Waals surface area contributed by atoms with Crippen LogP contribution in [0.4, 0.5) is 0 Å². The number of hydrogen-bond acceptors (Lipinski definition) is 0. The van der Waals surface area contributed by atoms with Crippen LogP contribution in [0.5, 0.6) is 0 Å². The van der Waals surface area contributed by atoms with Crippen molar-refractivity contribution in [2.45, 2.75) is 26.7 Å². The molecule has 0 saturated carbocycles. The average Bonchev–Trinajstić information content (AvgIpc) is 2.40. The van der Waals surface area contributed by atoms with E-state index in [1.807, 2.05) is 50.2 Å². The van der Waals surface area contributed by atoms with Crippen molar-refractivity contribution in [2.75, 3.05) is 0 Å². The summed E-state index contributed by atoms with van der Waals surface area (Å²) in [6.45, 7) is 6.15. The van der Waals surface area contributed by atoms with E-state index in [4.69, 9.17) is 23.2 Å². The van der Waals surface area contributed by atoms with Crippen LogP contribution in [0.15, 0.2) is 48.5 Å². The molecule has 2 aromatic rings. The first-order valence-corrected chi connectivity index (χ1v) is 6.93. The van der Waals surface area contributed by atoms with Gasteiger partial charge in [-0.25, -0.2) is 0 Å².